The van der Waals surface area contributed by atoms with Crippen LogP contribution in [0.3, 0.4) is 0 Å². The molecule has 0 aliphatic rings. The summed E-state index contributed by atoms with van der Waals surface area (Å²) in [6.07, 6.45) is -0.419. The van der Waals surface area contributed by atoms with Gasteiger partial charge in [0.2, 0.25) is 5.91 Å². The Kier molecular flexibility index (Phi) is 6.53. The van der Waals surface area contributed by atoms with E-state index in [0.29, 0.717) is 5.13 Å². The maximum atomic E-state index is 14.0. The molecule has 2 aromatic heterocycles. The summed E-state index contributed by atoms with van der Waals surface area (Å²) in [5.41, 5.74) is 3.31. The number of rotatable bonds is 6. The minimum absolute atomic E-state index is 0.264. The molecule has 0 atom stereocenters. The molecule has 2 aromatic carbocycles. The minimum atomic E-state index is -0.748. The van der Waals surface area contributed by atoms with E-state index in [4.69, 9.17) is 0 Å². The molecule has 0 spiro atoms. The van der Waals surface area contributed by atoms with Crippen LogP contribution in [-0.4, -0.2) is 30.0 Å². The largest absolute Gasteiger partial charge is 0.378 e. The van der Waals surface area contributed by atoms with Crippen molar-refractivity contribution in [2.24, 2.45) is 0 Å². The molecule has 0 radical (unpaired) electrons. The number of anilines is 2. The van der Waals surface area contributed by atoms with Crippen LogP contribution in [0.5, 0.6) is 0 Å². The second-order valence-electron chi connectivity index (χ2n) is 7.71. The number of thiazole rings is 2. The second kappa shape index (κ2) is 9.36. The number of aryl methyl sites for hydroxylation is 2. The first-order valence-corrected chi connectivity index (χ1v) is 11.8. The molecule has 0 fully saturated rings. The van der Waals surface area contributed by atoms with E-state index in [1.807, 2.05) is 51.0 Å². The third kappa shape index (κ3) is 4.94. The van der Waals surface area contributed by atoms with Crippen LogP contribution in [-0.2, 0) is 11.2 Å². The van der Waals surface area contributed by atoms with Crippen molar-refractivity contribution >= 4 is 39.4 Å². The molecule has 170 valence electrons. The first-order chi connectivity index (χ1) is 15.7. The lowest BCUT2D eigenvalue weighted by molar-refractivity contribution is -0.115. The van der Waals surface area contributed by atoms with Crippen LogP contribution in [0.4, 0.5) is 19.6 Å². The fourth-order valence-electron chi connectivity index (χ4n) is 3.42. The lowest BCUT2D eigenvalue weighted by Crippen LogP contribution is -2.16. The quantitative estimate of drug-likeness (QED) is 0.361. The molecule has 0 aliphatic heterocycles. The van der Waals surface area contributed by atoms with Gasteiger partial charge in [-0.15, -0.1) is 11.3 Å². The predicted octanol–water partition coefficient (Wildman–Crippen LogP) is 6.08. The van der Waals surface area contributed by atoms with Gasteiger partial charge in [-0.25, -0.2) is 18.7 Å². The number of hydrogen-bond donors (Lipinski definition) is 1. The van der Waals surface area contributed by atoms with Gasteiger partial charge in [-0.3, -0.25) is 4.79 Å². The summed E-state index contributed by atoms with van der Waals surface area (Å²) in [4.78, 5) is 25.6. The van der Waals surface area contributed by atoms with E-state index in [2.05, 4.69) is 21.4 Å². The Morgan fingerprint density at radius 2 is 1.70 bits per heavy atom. The fourth-order valence-corrected chi connectivity index (χ4v) is 5.39. The van der Waals surface area contributed by atoms with E-state index in [-0.39, 0.29) is 5.56 Å². The Hall–Kier alpha value is -3.17. The summed E-state index contributed by atoms with van der Waals surface area (Å²) in [7, 11) is 3.94. The molecule has 1 N–H and O–H groups in total. The standard InChI is InChI=1S/C24H22F2N4OS2/c1-13-22(32-14(2)27-13)21-23(15-7-5-8-16(11-15)30(3)4)33-24(29-21)28-20(31)12-17-18(25)9-6-10-19(17)26/h5-11H,12H2,1-4H3,(H,28,29,31). The molecule has 0 aliphatic carbocycles. The molecule has 0 unspecified atom stereocenters. The Morgan fingerprint density at radius 1 is 1.00 bits per heavy atom. The Labute approximate surface area is 198 Å². The molecule has 0 bridgehead atoms. The number of carbonyl (C=O) groups excluding carboxylic acids is 1. The van der Waals surface area contributed by atoms with E-state index in [1.165, 1.54) is 28.7 Å². The number of amides is 1. The third-order valence-electron chi connectivity index (χ3n) is 5.02. The summed E-state index contributed by atoms with van der Waals surface area (Å²) in [6, 6.07) is 11.6. The van der Waals surface area contributed by atoms with E-state index in [9.17, 15) is 13.6 Å². The molecule has 4 aromatic rings. The number of hydrogen-bond acceptors (Lipinski definition) is 6. The molecule has 33 heavy (non-hydrogen) atoms. The number of benzene rings is 2. The van der Waals surface area contributed by atoms with Crippen molar-refractivity contribution in [2.45, 2.75) is 20.3 Å². The van der Waals surface area contributed by atoms with Crippen molar-refractivity contribution in [3.63, 3.8) is 0 Å². The van der Waals surface area contributed by atoms with Gasteiger partial charge in [-0.05, 0) is 43.7 Å². The van der Waals surface area contributed by atoms with Crippen molar-refractivity contribution < 1.29 is 13.6 Å². The molecule has 0 saturated carbocycles. The average Bonchev–Trinajstić information content (AvgIpc) is 3.33. The van der Waals surface area contributed by atoms with Gasteiger partial charge in [0.05, 0.1) is 26.9 Å². The normalized spacial score (nSPS) is 11.0. The van der Waals surface area contributed by atoms with Crippen molar-refractivity contribution in [1.29, 1.82) is 0 Å². The van der Waals surface area contributed by atoms with Gasteiger partial charge < -0.3 is 10.2 Å². The van der Waals surface area contributed by atoms with Crippen LogP contribution >= 0.6 is 22.7 Å². The predicted molar refractivity (Wildman–Crippen MR) is 131 cm³/mol. The number of nitrogens with one attached hydrogen (secondary N) is 1. The Bertz CT molecular complexity index is 1310. The highest BCUT2D eigenvalue weighted by atomic mass is 32.1. The zero-order valence-electron chi connectivity index (χ0n) is 18.6. The van der Waals surface area contributed by atoms with Crippen molar-refractivity contribution in [3.05, 3.63) is 70.4 Å². The van der Waals surface area contributed by atoms with Crippen LogP contribution in [0.1, 0.15) is 16.3 Å². The summed E-state index contributed by atoms with van der Waals surface area (Å²) >= 11 is 2.86. The van der Waals surface area contributed by atoms with Gasteiger partial charge in [-0.2, -0.15) is 0 Å². The van der Waals surface area contributed by atoms with Gasteiger partial charge in [0, 0.05) is 25.3 Å². The second-order valence-corrected chi connectivity index (χ2v) is 9.92. The Morgan fingerprint density at radius 3 is 2.33 bits per heavy atom. The van der Waals surface area contributed by atoms with E-state index >= 15 is 0 Å². The highest BCUT2D eigenvalue weighted by Gasteiger charge is 2.21. The molecule has 4 rings (SSSR count). The van der Waals surface area contributed by atoms with E-state index < -0.39 is 24.0 Å². The van der Waals surface area contributed by atoms with Crippen LogP contribution in [0.15, 0.2) is 42.5 Å². The number of carbonyl (C=O) groups is 1. The zero-order chi connectivity index (χ0) is 23.7. The fraction of sp³-hybridized carbons (Fsp3) is 0.208. The maximum absolute atomic E-state index is 14.0. The number of nitrogens with zero attached hydrogens (tertiary/aromatic N) is 3. The van der Waals surface area contributed by atoms with Crippen molar-refractivity contribution in [2.75, 3.05) is 24.3 Å². The molecule has 2 heterocycles. The first-order valence-electron chi connectivity index (χ1n) is 10.2. The lowest BCUT2D eigenvalue weighted by Gasteiger charge is -2.13. The molecule has 9 heteroatoms. The third-order valence-corrected chi connectivity index (χ3v) is 7.12. The SMILES string of the molecule is Cc1nc(C)c(-c2nc(NC(=O)Cc3c(F)cccc3F)sc2-c2cccc(N(C)C)c2)s1. The summed E-state index contributed by atoms with van der Waals surface area (Å²) < 4.78 is 27.9. The van der Waals surface area contributed by atoms with Gasteiger partial charge in [0.15, 0.2) is 5.13 Å². The van der Waals surface area contributed by atoms with Crippen LogP contribution in [0.2, 0.25) is 0 Å². The molecule has 5 nitrogen and oxygen atoms in total. The summed E-state index contributed by atoms with van der Waals surface area (Å²) in [5.74, 6) is -2.03. The van der Waals surface area contributed by atoms with Gasteiger partial charge in [0.25, 0.3) is 0 Å². The van der Waals surface area contributed by atoms with Crippen LogP contribution < -0.4 is 10.2 Å². The van der Waals surface area contributed by atoms with Crippen molar-refractivity contribution in [1.82, 2.24) is 9.97 Å². The highest BCUT2D eigenvalue weighted by Crippen LogP contribution is 2.43. The van der Waals surface area contributed by atoms with Gasteiger partial charge >= 0.3 is 0 Å². The maximum Gasteiger partial charge on any atom is 0.230 e. The van der Waals surface area contributed by atoms with Crippen LogP contribution in [0.25, 0.3) is 21.0 Å². The molecular formula is C24H22F2N4OS2. The van der Waals surface area contributed by atoms with E-state index in [1.54, 1.807) is 0 Å². The number of halogens is 2. The van der Waals surface area contributed by atoms with Gasteiger partial charge in [-0.1, -0.05) is 29.5 Å². The number of aromatic nitrogens is 2. The van der Waals surface area contributed by atoms with E-state index in [0.717, 1.165) is 49.5 Å². The topological polar surface area (TPSA) is 58.1 Å². The van der Waals surface area contributed by atoms with Gasteiger partial charge in [0.1, 0.15) is 17.3 Å². The smallest absolute Gasteiger partial charge is 0.230 e. The molecule has 1 amide bonds. The molecule has 0 saturated heterocycles. The summed E-state index contributed by atoms with van der Waals surface area (Å²) in [5, 5.41) is 4.00. The first kappa shape index (κ1) is 23.0. The average molecular weight is 485 g/mol. The minimum Gasteiger partial charge on any atom is -0.378 e. The Balaban J connectivity index is 1.71. The summed E-state index contributed by atoms with van der Waals surface area (Å²) in [6.45, 7) is 3.86. The monoisotopic (exact) mass is 484 g/mol. The van der Waals surface area contributed by atoms with Crippen molar-refractivity contribution in [3.8, 4) is 21.0 Å². The lowest BCUT2D eigenvalue weighted by atomic mass is 10.1. The highest BCUT2D eigenvalue weighted by molar-refractivity contribution is 7.20. The van der Waals surface area contributed by atoms with Crippen LogP contribution in [0, 0.1) is 25.5 Å². The zero-order valence-corrected chi connectivity index (χ0v) is 20.2. The molecular weight excluding hydrogens is 462 g/mol.